The highest BCUT2D eigenvalue weighted by atomic mass is 35.5. The first-order valence-electron chi connectivity index (χ1n) is 8.24. The van der Waals surface area contributed by atoms with Gasteiger partial charge in [0.25, 0.3) is 0 Å². The summed E-state index contributed by atoms with van der Waals surface area (Å²) in [5, 5.41) is 3.78. The SMILES string of the molecule is CCCNCC1CCC(C)CC1Cc1ccc(Cl)c(F)c1. The zero-order valence-electron chi connectivity index (χ0n) is 13.2. The summed E-state index contributed by atoms with van der Waals surface area (Å²) in [4.78, 5) is 0. The molecule has 3 unspecified atom stereocenters. The van der Waals surface area contributed by atoms with Crippen LogP contribution < -0.4 is 5.32 Å². The number of nitrogens with one attached hydrogen (secondary N) is 1. The number of benzene rings is 1. The first-order chi connectivity index (χ1) is 10.1. The highest BCUT2D eigenvalue weighted by Crippen LogP contribution is 2.35. The predicted octanol–water partition coefficient (Wildman–Crippen LogP) is 5.07. The van der Waals surface area contributed by atoms with E-state index in [1.54, 1.807) is 12.1 Å². The molecule has 1 N–H and O–H groups in total. The van der Waals surface area contributed by atoms with E-state index in [4.69, 9.17) is 11.6 Å². The molecule has 0 aromatic heterocycles. The van der Waals surface area contributed by atoms with Gasteiger partial charge in [0, 0.05) is 0 Å². The molecule has 0 amide bonds. The van der Waals surface area contributed by atoms with Crippen LogP contribution in [0, 0.1) is 23.6 Å². The lowest BCUT2D eigenvalue weighted by Crippen LogP contribution is -2.34. The van der Waals surface area contributed by atoms with Gasteiger partial charge >= 0.3 is 0 Å². The Kier molecular flexibility index (Phi) is 6.50. The quantitative estimate of drug-likeness (QED) is 0.723. The lowest BCUT2D eigenvalue weighted by Gasteiger charge is -2.35. The number of halogens is 2. The van der Waals surface area contributed by atoms with Gasteiger partial charge in [0.2, 0.25) is 0 Å². The Bertz CT molecular complexity index is 449. The summed E-state index contributed by atoms with van der Waals surface area (Å²) in [7, 11) is 0. The van der Waals surface area contributed by atoms with Crippen LogP contribution in [0.25, 0.3) is 0 Å². The van der Waals surface area contributed by atoms with Gasteiger partial charge in [-0.05, 0) is 74.2 Å². The molecule has 21 heavy (non-hydrogen) atoms. The third-order valence-electron chi connectivity index (χ3n) is 4.72. The minimum atomic E-state index is -0.293. The van der Waals surface area contributed by atoms with Crippen molar-refractivity contribution in [2.45, 2.75) is 46.0 Å². The smallest absolute Gasteiger partial charge is 0.142 e. The molecule has 2 rings (SSSR count). The standard InChI is InChI=1S/C18H27ClFN/c1-3-8-21-12-15-6-4-13(2)9-16(15)10-14-5-7-17(19)18(20)11-14/h5,7,11,13,15-16,21H,3-4,6,8-10,12H2,1-2H3. The van der Waals surface area contributed by atoms with Gasteiger partial charge in [-0.15, -0.1) is 0 Å². The molecule has 0 bridgehead atoms. The van der Waals surface area contributed by atoms with Gasteiger partial charge in [0.15, 0.2) is 0 Å². The summed E-state index contributed by atoms with van der Waals surface area (Å²) in [5.74, 6) is 1.86. The highest BCUT2D eigenvalue weighted by Gasteiger charge is 2.28. The minimum Gasteiger partial charge on any atom is -0.316 e. The summed E-state index contributed by atoms with van der Waals surface area (Å²) in [6, 6.07) is 5.27. The van der Waals surface area contributed by atoms with E-state index in [0.717, 1.165) is 31.0 Å². The van der Waals surface area contributed by atoms with Gasteiger partial charge in [0.05, 0.1) is 5.02 Å². The molecule has 1 aromatic rings. The summed E-state index contributed by atoms with van der Waals surface area (Å²) < 4.78 is 13.6. The van der Waals surface area contributed by atoms with E-state index in [1.807, 2.05) is 6.07 Å². The number of hydrogen-bond acceptors (Lipinski definition) is 1. The molecule has 1 saturated carbocycles. The Morgan fingerprint density at radius 1 is 1.29 bits per heavy atom. The normalized spacial score (nSPS) is 26.0. The van der Waals surface area contributed by atoms with Gasteiger partial charge < -0.3 is 5.32 Å². The number of hydrogen-bond donors (Lipinski definition) is 1. The van der Waals surface area contributed by atoms with Crippen molar-refractivity contribution in [3.63, 3.8) is 0 Å². The maximum absolute atomic E-state index is 13.6. The second-order valence-electron chi connectivity index (χ2n) is 6.60. The topological polar surface area (TPSA) is 12.0 Å². The van der Waals surface area contributed by atoms with E-state index in [9.17, 15) is 4.39 Å². The molecule has 0 heterocycles. The Hall–Kier alpha value is -0.600. The van der Waals surface area contributed by atoms with Crippen molar-refractivity contribution < 1.29 is 4.39 Å². The molecule has 0 radical (unpaired) electrons. The Balaban J connectivity index is 1.99. The average molecular weight is 312 g/mol. The Morgan fingerprint density at radius 2 is 2.10 bits per heavy atom. The monoisotopic (exact) mass is 311 g/mol. The lowest BCUT2D eigenvalue weighted by atomic mass is 9.72. The first-order valence-corrected chi connectivity index (χ1v) is 8.62. The number of rotatable bonds is 6. The molecule has 1 nitrogen and oxygen atoms in total. The van der Waals surface area contributed by atoms with Crippen LogP contribution in [0.5, 0.6) is 0 Å². The third kappa shape index (κ3) is 4.96. The molecule has 1 fully saturated rings. The largest absolute Gasteiger partial charge is 0.316 e. The van der Waals surface area contributed by atoms with E-state index in [0.29, 0.717) is 11.8 Å². The van der Waals surface area contributed by atoms with Crippen LogP contribution >= 0.6 is 11.6 Å². The highest BCUT2D eigenvalue weighted by molar-refractivity contribution is 6.30. The van der Waals surface area contributed by atoms with E-state index in [-0.39, 0.29) is 10.8 Å². The maximum Gasteiger partial charge on any atom is 0.142 e. The van der Waals surface area contributed by atoms with Crippen molar-refractivity contribution in [1.29, 1.82) is 0 Å². The van der Waals surface area contributed by atoms with Crippen molar-refractivity contribution in [2.75, 3.05) is 13.1 Å². The molecule has 1 aromatic carbocycles. The summed E-state index contributed by atoms with van der Waals surface area (Å²) in [6.07, 6.45) is 6.01. The molecule has 0 aliphatic heterocycles. The van der Waals surface area contributed by atoms with Gasteiger partial charge in [0.1, 0.15) is 5.82 Å². The van der Waals surface area contributed by atoms with E-state index in [2.05, 4.69) is 19.2 Å². The fourth-order valence-corrected chi connectivity index (χ4v) is 3.63. The molecular weight excluding hydrogens is 285 g/mol. The molecule has 0 saturated heterocycles. The Labute approximate surface area is 133 Å². The average Bonchev–Trinajstić information content (AvgIpc) is 2.45. The second-order valence-corrected chi connectivity index (χ2v) is 7.00. The van der Waals surface area contributed by atoms with E-state index >= 15 is 0 Å². The fourth-order valence-electron chi connectivity index (χ4n) is 3.51. The van der Waals surface area contributed by atoms with Crippen molar-refractivity contribution in [1.82, 2.24) is 5.32 Å². The van der Waals surface area contributed by atoms with Crippen LogP contribution in [0.2, 0.25) is 5.02 Å². The molecule has 3 atom stereocenters. The van der Waals surface area contributed by atoms with Gasteiger partial charge in [-0.25, -0.2) is 4.39 Å². The fraction of sp³-hybridized carbons (Fsp3) is 0.667. The molecule has 1 aliphatic rings. The lowest BCUT2D eigenvalue weighted by molar-refractivity contribution is 0.184. The zero-order valence-corrected chi connectivity index (χ0v) is 13.9. The molecule has 1 aliphatic carbocycles. The van der Waals surface area contributed by atoms with Crippen LogP contribution in [0.4, 0.5) is 4.39 Å². The maximum atomic E-state index is 13.6. The summed E-state index contributed by atoms with van der Waals surface area (Å²) >= 11 is 5.77. The van der Waals surface area contributed by atoms with Crippen molar-refractivity contribution >= 4 is 11.6 Å². The van der Waals surface area contributed by atoms with Crippen LogP contribution in [-0.4, -0.2) is 13.1 Å². The van der Waals surface area contributed by atoms with Crippen LogP contribution in [-0.2, 0) is 6.42 Å². The summed E-state index contributed by atoms with van der Waals surface area (Å²) in [6.45, 7) is 6.73. The summed E-state index contributed by atoms with van der Waals surface area (Å²) in [5.41, 5.74) is 1.08. The third-order valence-corrected chi connectivity index (χ3v) is 5.02. The first kappa shape index (κ1) is 16.8. The van der Waals surface area contributed by atoms with Crippen LogP contribution in [0.1, 0.15) is 45.1 Å². The van der Waals surface area contributed by atoms with Crippen molar-refractivity contribution in [3.05, 3.63) is 34.6 Å². The van der Waals surface area contributed by atoms with Crippen LogP contribution in [0.15, 0.2) is 18.2 Å². The van der Waals surface area contributed by atoms with Gasteiger partial charge in [-0.2, -0.15) is 0 Å². The zero-order chi connectivity index (χ0) is 15.2. The Morgan fingerprint density at radius 3 is 2.81 bits per heavy atom. The van der Waals surface area contributed by atoms with E-state index in [1.165, 1.54) is 25.7 Å². The molecular formula is C18H27ClFN. The van der Waals surface area contributed by atoms with Gasteiger partial charge in [-0.1, -0.05) is 37.9 Å². The second kappa shape index (κ2) is 8.14. The van der Waals surface area contributed by atoms with Crippen molar-refractivity contribution in [2.24, 2.45) is 17.8 Å². The van der Waals surface area contributed by atoms with E-state index < -0.39 is 0 Å². The van der Waals surface area contributed by atoms with Crippen LogP contribution in [0.3, 0.4) is 0 Å². The predicted molar refractivity (Wildman–Crippen MR) is 88.3 cm³/mol. The minimum absolute atomic E-state index is 0.219. The molecule has 3 heteroatoms. The van der Waals surface area contributed by atoms with Crippen molar-refractivity contribution in [3.8, 4) is 0 Å². The van der Waals surface area contributed by atoms with Gasteiger partial charge in [-0.3, -0.25) is 0 Å². The molecule has 0 spiro atoms. The molecule has 118 valence electrons.